The molecule has 0 radical (unpaired) electrons. The van der Waals surface area contributed by atoms with Crippen molar-refractivity contribution in [1.29, 1.82) is 0 Å². The predicted molar refractivity (Wildman–Crippen MR) is 99.0 cm³/mol. The van der Waals surface area contributed by atoms with Crippen LogP contribution in [-0.4, -0.2) is 35.0 Å². The van der Waals surface area contributed by atoms with Crippen molar-refractivity contribution in [2.24, 2.45) is 0 Å². The number of hydrogen-bond donors (Lipinski definition) is 2. The van der Waals surface area contributed by atoms with Gasteiger partial charge in [0, 0.05) is 13.1 Å². The summed E-state index contributed by atoms with van der Waals surface area (Å²) in [6.07, 6.45) is 1.00. The van der Waals surface area contributed by atoms with E-state index >= 15 is 0 Å². The fourth-order valence-electron chi connectivity index (χ4n) is 2.28. The zero-order valence-electron chi connectivity index (χ0n) is 13.8. The molecule has 0 saturated heterocycles. The molecule has 0 spiro atoms. The third-order valence-corrected chi connectivity index (χ3v) is 7.24. The highest BCUT2D eigenvalue weighted by Gasteiger charge is 2.21. The number of rotatable bonds is 10. The monoisotopic (exact) mass is 382 g/mol. The Bertz CT molecular complexity index is 779. The first-order chi connectivity index (χ1) is 11.9. The van der Waals surface area contributed by atoms with Crippen LogP contribution < -0.4 is 9.44 Å². The molecule has 0 heterocycles. The Hall–Kier alpha value is -1.74. The molecule has 0 amide bonds. The minimum Gasteiger partial charge on any atom is -0.214 e. The van der Waals surface area contributed by atoms with Crippen LogP contribution in [-0.2, 0) is 32.9 Å². The summed E-state index contributed by atoms with van der Waals surface area (Å²) in [4.78, 5) is 0. The third-order valence-electron chi connectivity index (χ3n) is 3.47. The van der Waals surface area contributed by atoms with Crippen LogP contribution in [0, 0.1) is 0 Å². The van der Waals surface area contributed by atoms with Crippen molar-refractivity contribution in [2.45, 2.75) is 12.8 Å². The van der Waals surface area contributed by atoms with Gasteiger partial charge in [0.1, 0.15) is 0 Å². The lowest BCUT2D eigenvalue weighted by molar-refractivity contribution is 0.573. The molecule has 0 saturated carbocycles. The van der Waals surface area contributed by atoms with Gasteiger partial charge in [-0.25, -0.2) is 26.3 Å². The van der Waals surface area contributed by atoms with Gasteiger partial charge in [-0.3, -0.25) is 0 Å². The van der Waals surface area contributed by atoms with Crippen molar-refractivity contribution < 1.29 is 16.8 Å². The standard InChI is InChI=1S/C17H22N2O4S2/c20-24(21,18-13-11-16-7-3-1-4-8-16)15-25(22,23)19-14-12-17-9-5-2-6-10-17/h1-10,18-19H,11-15H2. The fraction of sp³-hybridized carbons (Fsp3) is 0.294. The first-order valence-electron chi connectivity index (χ1n) is 7.89. The second-order valence-electron chi connectivity index (χ2n) is 5.61. The Morgan fingerprint density at radius 1 is 0.600 bits per heavy atom. The van der Waals surface area contributed by atoms with Gasteiger partial charge in [0.05, 0.1) is 0 Å². The smallest absolute Gasteiger partial charge is 0.214 e. The zero-order valence-corrected chi connectivity index (χ0v) is 15.4. The molecule has 0 unspecified atom stereocenters. The molecule has 0 aliphatic carbocycles. The van der Waals surface area contributed by atoms with E-state index in [4.69, 9.17) is 0 Å². The summed E-state index contributed by atoms with van der Waals surface area (Å²) in [5.41, 5.74) is 1.96. The Balaban J connectivity index is 1.77. The van der Waals surface area contributed by atoms with Gasteiger partial charge < -0.3 is 0 Å². The van der Waals surface area contributed by atoms with E-state index in [1.54, 1.807) is 0 Å². The number of nitrogens with one attached hydrogen (secondary N) is 2. The van der Waals surface area contributed by atoms with Crippen molar-refractivity contribution in [3.63, 3.8) is 0 Å². The summed E-state index contributed by atoms with van der Waals surface area (Å²) in [6, 6.07) is 18.8. The van der Waals surface area contributed by atoms with E-state index in [0.29, 0.717) is 12.8 Å². The topological polar surface area (TPSA) is 92.3 Å². The van der Waals surface area contributed by atoms with Crippen molar-refractivity contribution in [3.8, 4) is 0 Å². The molecule has 0 aromatic heterocycles. The Morgan fingerprint density at radius 2 is 0.960 bits per heavy atom. The minimum atomic E-state index is -3.90. The van der Waals surface area contributed by atoms with E-state index in [1.807, 2.05) is 60.7 Å². The lowest BCUT2D eigenvalue weighted by atomic mass is 10.2. The van der Waals surface area contributed by atoms with Crippen LogP contribution in [0.1, 0.15) is 11.1 Å². The number of hydrogen-bond acceptors (Lipinski definition) is 4. The summed E-state index contributed by atoms with van der Waals surface area (Å²) < 4.78 is 52.4. The van der Waals surface area contributed by atoms with Crippen LogP contribution in [0.15, 0.2) is 60.7 Å². The van der Waals surface area contributed by atoms with Gasteiger partial charge in [0.2, 0.25) is 20.0 Å². The van der Waals surface area contributed by atoms with Gasteiger partial charge in [-0.05, 0) is 24.0 Å². The molecule has 0 aliphatic rings. The Kier molecular flexibility index (Phi) is 7.12. The van der Waals surface area contributed by atoms with Crippen molar-refractivity contribution >= 4 is 20.0 Å². The van der Waals surface area contributed by atoms with Crippen LogP contribution in [0.2, 0.25) is 0 Å². The number of sulfonamides is 2. The zero-order chi connectivity index (χ0) is 18.2. The van der Waals surface area contributed by atoms with E-state index < -0.39 is 25.1 Å². The summed E-state index contributed by atoms with van der Waals surface area (Å²) in [5, 5.41) is -0.969. The van der Waals surface area contributed by atoms with E-state index in [1.165, 1.54) is 0 Å². The number of benzene rings is 2. The largest absolute Gasteiger partial charge is 0.227 e. The third kappa shape index (κ3) is 7.78. The molecular formula is C17H22N2O4S2. The van der Waals surface area contributed by atoms with Crippen molar-refractivity contribution in [2.75, 3.05) is 18.2 Å². The highest BCUT2D eigenvalue weighted by atomic mass is 32.3. The van der Waals surface area contributed by atoms with Gasteiger partial charge in [0.15, 0.2) is 5.08 Å². The highest BCUT2D eigenvalue weighted by molar-refractivity contribution is 8.06. The molecule has 25 heavy (non-hydrogen) atoms. The normalized spacial score (nSPS) is 12.2. The molecule has 2 aromatic carbocycles. The quantitative estimate of drug-likeness (QED) is 0.647. The van der Waals surface area contributed by atoms with E-state index in [0.717, 1.165) is 11.1 Å². The molecule has 2 rings (SSSR count). The van der Waals surface area contributed by atoms with Crippen LogP contribution in [0.3, 0.4) is 0 Å². The fourth-order valence-corrected chi connectivity index (χ4v) is 5.41. The van der Waals surface area contributed by atoms with Crippen LogP contribution in [0.25, 0.3) is 0 Å². The molecule has 0 atom stereocenters. The second kappa shape index (κ2) is 9.10. The summed E-state index contributed by atoms with van der Waals surface area (Å²) >= 11 is 0. The first kappa shape index (κ1) is 19.6. The molecule has 2 N–H and O–H groups in total. The highest BCUT2D eigenvalue weighted by Crippen LogP contribution is 2.01. The minimum absolute atomic E-state index is 0.159. The summed E-state index contributed by atoms with van der Waals surface area (Å²) in [5.74, 6) is 0. The molecule has 0 bridgehead atoms. The van der Waals surface area contributed by atoms with Crippen LogP contribution in [0.5, 0.6) is 0 Å². The molecule has 0 aliphatic heterocycles. The van der Waals surface area contributed by atoms with Gasteiger partial charge in [-0.15, -0.1) is 0 Å². The molecule has 6 nitrogen and oxygen atoms in total. The SMILES string of the molecule is O=S(=O)(CS(=O)(=O)NCCc1ccccc1)NCCc1ccccc1. The Morgan fingerprint density at radius 3 is 1.32 bits per heavy atom. The van der Waals surface area contributed by atoms with Crippen molar-refractivity contribution in [3.05, 3.63) is 71.8 Å². The maximum absolute atomic E-state index is 11.9. The van der Waals surface area contributed by atoms with Crippen LogP contribution >= 0.6 is 0 Å². The van der Waals surface area contributed by atoms with E-state index in [-0.39, 0.29) is 13.1 Å². The lowest BCUT2D eigenvalue weighted by Gasteiger charge is -2.09. The average molecular weight is 383 g/mol. The van der Waals surface area contributed by atoms with Gasteiger partial charge in [0.25, 0.3) is 0 Å². The molecule has 136 valence electrons. The van der Waals surface area contributed by atoms with Crippen LogP contribution in [0.4, 0.5) is 0 Å². The predicted octanol–water partition coefficient (Wildman–Crippen LogP) is 1.27. The summed E-state index contributed by atoms with van der Waals surface area (Å²) in [7, 11) is -7.81. The first-order valence-corrected chi connectivity index (χ1v) is 11.2. The maximum Gasteiger partial charge on any atom is 0.227 e. The van der Waals surface area contributed by atoms with Gasteiger partial charge in [-0.1, -0.05) is 60.7 Å². The molecular weight excluding hydrogens is 360 g/mol. The average Bonchev–Trinajstić information content (AvgIpc) is 2.55. The molecule has 8 heteroatoms. The van der Waals surface area contributed by atoms with Gasteiger partial charge in [-0.2, -0.15) is 0 Å². The van der Waals surface area contributed by atoms with E-state index in [2.05, 4.69) is 9.44 Å². The maximum atomic E-state index is 11.9. The lowest BCUT2D eigenvalue weighted by Crippen LogP contribution is -2.37. The van der Waals surface area contributed by atoms with E-state index in [9.17, 15) is 16.8 Å². The second-order valence-corrected chi connectivity index (χ2v) is 9.59. The summed E-state index contributed by atoms with van der Waals surface area (Å²) in [6.45, 7) is 0.317. The van der Waals surface area contributed by atoms with Crippen molar-refractivity contribution in [1.82, 2.24) is 9.44 Å². The molecule has 2 aromatic rings. The molecule has 0 fully saturated rings. The van der Waals surface area contributed by atoms with Gasteiger partial charge >= 0.3 is 0 Å². The Labute approximate surface area is 149 Å².